The van der Waals surface area contributed by atoms with Crippen molar-refractivity contribution in [1.82, 2.24) is 5.32 Å². The molecule has 0 saturated heterocycles. The van der Waals surface area contributed by atoms with E-state index in [1.165, 1.54) is 11.8 Å². The maximum Gasteiger partial charge on any atom is 0.251 e. The van der Waals surface area contributed by atoms with Crippen LogP contribution in [0.4, 0.5) is 0 Å². The summed E-state index contributed by atoms with van der Waals surface area (Å²) in [5.41, 5.74) is 0.641. The van der Waals surface area contributed by atoms with Crippen LogP contribution in [0.5, 0.6) is 0 Å². The number of amides is 1. The highest BCUT2D eigenvalue weighted by molar-refractivity contribution is 7.99. The number of aliphatic hydroxyl groups is 1. The van der Waals surface area contributed by atoms with E-state index in [1.807, 2.05) is 18.2 Å². The molecule has 4 nitrogen and oxygen atoms in total. The SMILES string of the molecule is N#CCSc1cccc(C(=O)NC2CCC(CO)CC2)c1. The van der Waals surface area contributed by atoms with Crippen LogP contribution in [0.2, 0.25) is 0 Å². The Morgan fingerprint density at radius 2 is 2.14 bits per heavy atom. The van der Waals surface area contributed by atoms with Gasteiger partial charge in [-0.3, -0.25) is 4.79 Å². The van der Waals surface area contributed by atoms with Crippen LogP contribution >= 0.6 is 11.8 Å². The number of aliphatic hydroxyl groups excluding tert-OH is 1. The van der Waals surface area contributed by atoms with Gasteiger partial charge in [0.15, 0.2) is 0 Å². The van der Waals surface area contributed by atoms with Crippen LogP contribution in [0.25, 0.3) is 0 Å². The number of carbonyl (C=O) groups is 1. The van der Waals surface area contributed by atoms with Crippen molar-refractivity contribution in [3.8, 4) is 6.07 Å². The molecule has 1 aliphatic carbocycles. The van der Waals surface area contributed by atoms with Gasteiger partial charge in [0.1, 0.15) is 0 Å². The second-order valence-corrected chi connectivity index (χ2v) is 6.40. The molecule has 1 aromatic rings. The Bertz CT molecular complexity index is 519. The highest BCUT2D eigenvalue weighted by Crippen LogP contribution is 2.24. The van der Waals surface area contributed by atoms with E-state index in [2.05, 4.69) is 11.4 Å². The molecular formula is C16H20N2O2S. The van der Waals surface area contributed by atoms with Crippen molar-refractivity contribution in [3.63, 3.8) is 0 Å². The number of hydrogen-bond donors (Lipinski definition) is 2. The van der Waals surface area contributed by atoms with Gasteiger partial charge in [0.2, 0.25) is 0 Å². The molecule has 0 aliphatic heterocycles. The third-order valence-corrected chi connectivity index (χ3v) is 4.70. The van der Waals surface area contributed by atoms with Gasteiger partial charge < -0.3 is 10.4 Å². The smallest absolute Gasteiger partial charge is 0.251 e. The van der Waals surface area contributed by atoms with Gasteiger partial charge in [-0.15, -0.1) is 11.8 Å². The standard InChI is InChI=1S/C16H20N2O2S/c17-8-9-21-15-3-1-2-13(10-15)16(20)18-14-6-4-12(11-19)5-7-14/h1-3,10,12,14,19H,4-7,9,11H2,(H,18,20). The van der Waals surface area contributed by atoms with Crippen molar-refractivity contribution in [2.75, 3.05) is 12.4 Å². The van der Waals surface area contributed by atoms with E-state index in [-0.39, 0.29) is 18.6 Å². The van der Waals surface area contributed by atoms with Crippen molar-refractivity contribution in [2.24, 2.45) is 5.92 Å². The number of carbonyl (C=O) groups excluding carboxylic acids is 1. The highest BCUT2D eigenvalue weighted by atomic mass is 32.2. The van der Waals surface area contributed by atoms with E-state index in [9.17, 15) is 4.79 Å². The van der Waals surface area contributed by atoms with E-state index >= 15 is 0 Å². The van der Waals surface area contributed by atoms with Gasteiger partial charge in [-0.1, -0.05) is 6.07 Å². The lowest BCUT2D eigenvalue weighted by atomic mass is 9.86. The largest absolute Gasteiger partial charge is 0.396 e. The third-order valence-electron chi connectivity index (χ3n) is 3.84. The lowest BCUT2D eigenvalue weighted by Crippen LogP contribution is -2.38. The summed E-state index contributed by atoms with van der Waals surface area (Å²) in [7, 11) is 0. The van der Waals surface area contributed by atoms with Gasteiger partial charge in [-0.2, -0.15) is 5.26 Å². The number of thioether (sulfide) groups is 1. The Morgan fingerprint density at radius 1 is 1.38 bits per heavy atom. The molecule has 0 atom stereocenters. The average Bonchev–Trinajstić information content (AvgIpc) is 2.54. The molecule has 1 saturated carbocycles. The fourth-order valence-electron chi connectivity index (χ4n) is 2.60. The summed E-state index contributed by atoms with van der Waals surface area (Å²) in [5, 5.41) is 20.8. The number of nitrogens with zero attached hydrogens (tertiary/aromatic N) is 1. The molecule has 1 fully saturated rings. The zero-order valence-corrected chi connectivity index (χ0v) is 12.7. The van der Waals surface area contributed by atoms with Crippen LogP contribution in [0, 0.1) is 17.2 Å². The van der Waals surface area contributed by atoms with Crippen LogP contribution in [0.15, 0.2) is 29.2 Å². The quantitative estimate of drug-likeness (QED) is 0.820. The molecular weight excluding hydrogens is 284 g/mol. The van der Waals surface area contributed by atoms with E-state index in [1.54, 1.807) is 6.07 Å². The molecule has 1 amide bonds. The second-order valence-electron chi connectivity index (χ2n) is 5.35. The van der Waals surface area contributed by atoms with E-state index in [0.29, 0.717) is 17.2 Å². The fourth-order valence-corrected chi connectivity index (χ4v) is 3.22. The molecule has 0 radical (unpaired) electrons. The predicted molar refractivity (Wildman–Crippen MR) is 83.1 cm³/mol. The first-order valence-electron chi connectivity index (χ1n) is 7.24. The van der Waals surface area contributed by atoms with E-state index < -0.39 is 0 Å². The Balaban J connectivity index is 1.90. The summed E-state index contributed by atoms with van der Waals surface area (Å²) in [6.45, 7) is 0.249. The maximum atomic E-state index is 12.3. The van der Waals surface area contributed by atoms with Gasteiger partial charge in [0.05, 0.1) is 11.8 Å². The molecule has 1 aromatic carbocycles. The molecule has 2 N–H and O–H groups in total. The molecule has 2 rings (SSSR count). The van der Waals surface area contributed by atoms with Crippen molar-refractivity contribution in [1.29, 1.82) is 5.26 Å². The Labute approximate surface area is 129 Å². The minimum absolute atomic E-state index is 0.0538. The molecule has 0 aromatic heterocycles. The molecule has 0 heterocycles. The third kappa shape index (κ3) is 4.76. The van der Waals surface area contributed by atoms with Crippen LogP contribution in [-0.2, 0) is 0 Å². The maximum absolute atomic E-state index is 12.3. The van der Waals surface area contributed by atoms with Gasteiger partial charge in [0, 0.05) is 23.1 Å². The van der Waals surface area contributed by atoms with Gasteiger partial charge >= 0.3 is 0 Å². The highest BCUT2D eigenvalue weighted by Gasteiger charge is 2.22. The normalized spacial score (nSPS) is 21.5. The van der Waals surface area contributed by atoms with Crippen LogP contribution in [0.3, 0.4) is 0 Å². The summed E-state index contributed by atoms with van der Waals surface area (Å²) in [5.74, 6) is 0.724. The number of hydrogen-bond acceptors (Lipinski definition) is 4. The Hall–Kier alpha value is -1.51. The topological polar surface area (TPSA) is 73.1 Å². The van der Waals surface area contributed by atoms with Gasteiger partial charge in [0.25, 0.3) is 5.91 Å². The summed E-state index contributed by atoms with van der Waals surface area (Å²) >= 11 is 1.43. The predicted octanol–water partition coefficient (Wildman–Crippen LogP) is 2.58. The molecule has 112 valence electrons. The molecule has 0 spiro atoms. The van der Waals surface area contributed by atoms with Crippen molar-refractivity contribution >= 4 is 17.7 Å². The fraction of sp³-hybridized carbons (Fsp3) is 0.500. The lowest BCUT2D eigenvalue weighted by molar-refractivity contribution is 0.0913. The van der Waals surface area contributed by atoms with Crippen LogP contribution in [-0.4, -0.2) is 29.4 Å². The van der Waals surface area contributed by atoms with Gasteiger partial charge in [-0.05, 0) is 49.8 Å². The van der Waals surface area contributed by atoms with Gasteiger partial charge in [-0.25, -0.2) is 0 Å². The zero-order valence-electron chi connectivity index (χ0n) is 11.9. The number of rotatable bonds is 5. The zero-order chi connectivity index (χ0) is 15.1. The summed E-state index contributed by atoms with van der Waals surface area (Å²) < 4.78 is 0. The van der Waals surface area contributed by atoms with Crippen molar-refractivity contribution in [3.05, 3.63) is 29.8 Å². The molecule has 1 aliphatic rings. The van der Waals surface area contributed by atoms with Crippen LogP contribution in [0.1, 0.15) is 36.0 Å². The summed E-state index contributed by atoms with van der Waals surface area (Å²) in [6.07, 6.45) is 3.80. The Kier molecular flexibility index (Phi) is 6.09. The van der Waals surface area contributed by atoms with Crippen molar-refractivity contribution < 1.29 is 9.90 Å². The number of nitrogens with one attached hydrogen (secondary N) is 1. The van der Waals surface area contributed by atoms with Crippen LogP contribution < -0.4 is 5.32 Å². The number of benzene rings is 1. The molecule has 0 bridgehead atoms. The second kappa shape index (κ2) is 8.06. The molecule has 0 unspecified atom stereocenters. The Morgan fingerprint density at radius 3 is 2.81 bits per heavy atom. The molecule has 21 heavy (non-hydrogen) atoms. The monoisotopic (exact) mass is 304 g/mol. The van der Waals surface area contributed by atoms with E-state index in [0.717, 1.165) is 30.6 Å². The summed E-state index contributed by atoms with van der Waals surface area (Å²) in [4.78, 5) is 13.2. The first kappa shape index (κ1) is 15.9. The van der Waals surface area contributed by atoms with Crippen molar-refractivity contribution in [2.45, 2.75) is 36.6 Å². The molecule has 5 heteroatoms. The first-order valence-corrected chi connectivity index (χ1v) is 8.23. The first-order chi connectivity index (χ1) is 10.2. The minimum Gasteiger partial charge on any atom is -0.396 e. The number of nitriles is 1. The average molecular weight is 304 g/mol. The lowest BCUT2D eigenvalue weighted by Gasteiger charge is -2.28. The van der Waals surface area contributed by atoms with E-state index in [4.69, 9.17) is 10.4 Å². The minimum atomic E-state index is -0.0538. The summed E-state index contributed by atoms with van der Waals surface area (Å²) in [6, 6.07) is 9.67.